The fourth-order valence-electron chi connectivity index (χ4n) is 1.11. The van der Waals surface area contributed by atoms with Crippen molar-refractivity contribution in [1.82, 2.24) is 4.98 Å². The van der Waals surface area contributed by atoms with Crippen molar-refractivity contribution in [3.63, 3.8) is 0 Å². The molecule has 1 unspecified atom stereocenters. The summed E-state index contributed by atoms with van der Waals surface area (Å²) in [6, 6.07) is 4.07. The Morgan fingerprint density at radius 3 is 2.64 bits per heavy atom. The Kier molecular flexibility index (Phi) is 2.10. The van der Waals surface area contributed by atoms with Crippen LogP contribution >= 0.6 is 0 Å². The lowest BCUT2D eigenvalue weighted by atomic mass is 10.1. The van der Waals surface area contributed by atoms with Crippen molar-refractivity contribution in [2.24, 2.45) is 0 Å². The van der Waals surface area contributed by atoms with Gasteiger partial charge in [0, 0.05) is 11.3 Å². The molecule has 0 spiro atoms. The van der Waals surface area contributed by atoms with E-state index in [4.69, 9.17) is 5.73 Å². The van der Waals surface area contributed by atoms with Crippen LogP contribution in [0.4, 0.5) is 5.82 Å². The molecular formula is C8H14N3+. The summed E-state index contributed by atoms with van der Waals surface area (Å²) in [6.07, 6.45) is 0. The van der Waals surface area contributed by atoms with E-state index in [0.29, 0.717) is 5.82 Å². The summed E-state index contributed by atoms with van der Waals surface area (Å²) in [4.78, 5) is 4.13. The van der Waals surface area contributed by atoms with Crippen LogP contribution in [0, 0.1) is 6.92 Å². The van der Waals surface area contributed by atoms with E-state index in [-0.39, 0.29) is 6.04 Å². The van der Waals surface area contributed by atoms with E-state index in [1.807, 2.05) is 26.0 Å². The minimum Gasteiger partial charge on any atom is -0.384 e. The molecule has 0 fully saturated rings. The van der Waals surface area contributed by atoms with Gasteiger partial charge < -0.3 is 11.5 Å². The molecule has 0 amide bonds. The van der Waals surface area contributed by atoms with Gasteiger partial charge >= 0.3 is 0 Å². The van der Waals surface area contributed by atoms with Crippen molar-refractivity contribution < 1.29 is 5.73 Å². The Morgan fingerprint density at radius 1 is 1.55 bits per heavy atom. The van der Waals surface area contributed by atoms with Crippen molar-refractivity contribution >= 4 is 5.82 Å². The molecule has 1 atom stereocenters. The summed E-state index contributed by atoms with van der Waals surface area (Å²) < 4.78 is 0. The average molecular weight is 152 g/mol. The van der Waals surface area contributed by atoms with E-state index in [0.717, 1.165) is 5.69 Å². The van der Waals surface area contributed by atoms with Gasteiger partial charge in [0.1, 0.15) is 11.9 Å². The summed E-state index contributed by atoms with van der Waals surface area (Å²) >= 11 is 0. The van der Waals surface area contributed by atoms with Crippen LogP contribution in [0.1, 0.15) is 24.2 Å². The predicted octanol–water partition coefficient (Wildman–Crippen LogP) is 0.275. The van der Waals surface area contributed by atoms with Crippen molar-refractivity contribution in [2.75, 3.05) is 5.73 Å². The molecular weight excluding hydrogens is 138 g/mol. The minimum atomic E-state index is 0.281. The standard InChI is InChI=1S/C8H13N3/c1-5(9)7-3-4-8(10)11-6(7)2/h3-5H,9H2,1-2H3,(H2,10,11)/p+1. The van der Waals surface area contributed by atoms with Crippen molar-refractivity contribution in [1.29, 1.82) is 0 Å². The third-order valence-electron chi connectivity index (χ3n) is 1.68. The highest BCUT2D eigenvalue weighted by Gasteiger charge is 2.06. The number of rotatable bonds is 1. The lowest BCUT2D eigenvalue weighted by molar-refractivity contribution is -0.420. The molecule has 3 nitrogen and oxygen atoms in total. The monoisotopic (exact) mass is 152 g/mol. The van der Waals surface area contributed by atoms with Crippen LogP contribution in [-0.2, 0) is 0 Å². The zero-order chi connectivity index (χ0) is 8.43. The maximum atomic E-state index is 5.50. The molecule has 5 N–H and O–H groups in total. The van der Waals surface area contributed by atoms with Gasteiger partial charge in [-0.2, -0.15) is 0 Å². The molecule has 1 heterocycles. The molecule has 1 aromatic heterocycles. The van der Waals surface area contributed by atoms with Gasteiger partial charge in [0.15, 0.2) is 0 Å². The van der Waals surface area contributed by atoms with E-state index in [2.05, 4.69) is 10.7 Å². The molecule has 1 aromatic rings. The summed E-state index contributed by atoms with van der Waals surface area (Å²) in [5.74, 6) is 0.576. The highest BCUT2D eigenvalue weighted by Crippen LogP contribution is 2.12. The summed E-state index contributed by atoms with van der Waals surface area (Å²) in [5.41, 5.74) is 11.6. The van der Waals surface area contributed by atoms with Gasteiger partial charge in [-0.15, -0.1) is 0 Å². The Balaban J connectivity index is 3.09. The summed E-state index contributed by atoms with van der Waals surface area (Å²) in [7, 11) is 0. The fourth-order valence-corrected chi connectivity index (χ4v) is 1.11. The van der Waals surface area contributed by atoms with Crippen LogP contribution in [0.25, 0.3) is 0 Å². The molecule has 0 aliphatic rings. The highest BCUT2D eigenvalue weighted by molar-refractivity contribution is 5.34. The first-order valence-corrected chi connectivity index (χ1v) is 3.67. The van der Waals surface area contributed by atoms with Crippen LogP contribution in [0.3, 0.4) is 0 Å². The molecule has 0 saturated carbocycles. The fraction of sp³-hybridized carbons (Fsp3) is 0.375. The highest BCUT2D eigenvalue weighted by atomic mass is 14.8. The number of anilines is 1. The zero-order valence-electron chi connectivity index (χ0n) is 6.96. The van der Waals surface area contributed by atoms with Crippen molar-refractivity contribution in [2.45, 2.75) is 19.9 Å². The quantitative estimate of drug-likeness (QED) is 0.606. The smallest absolute Gasteiger partial charge is 0.123 e. The zero-order valence-corrected chi connectivity index (χ0v) is 6.96. The van der Waals surface area contributed by atoms with Gasteiger partial charge in [-0.3, -0.25) is 0 Å². The number of hydrogen-bond acceptors (Lipinski definition) is 2. The molecule has 11 heavy (non-hydrogen) atoms. The largest absolute Gasteiger partial charge is 0.384 e. The minimum absolute atomic E-state index is 0.281. The van der Waals surface area contributed by atoms with Crippen LogP contribution in [0.5, 0.6) is 0 Å². The number of nitrogens with zero attached hydrogens (tertiary/aromatic N) is 1. The number of quaternary nitrogens is 1. The predicted molar refractivity (Wildman–Crippen MR) is 44.7 cm³/mol. The molecule has 0 aromatic carbocycles. The van der Waals surface area contributed by atoms with E-state index >= 15 is 0 Å². The second kappa shape index (κ2) is 2.88. The van der Waals surface area contributed by atoms with Crippen LogP contribution in [0.15, 0.2) is 12.1 Å². The van der Waals surface area contributed by atoms with Gasteiger partial charge in [0.2, 0.25) is 0 Å². The van der Waals surface area contributed by atoms with Crippen molar-refractivity contribution in [3.8, 4) is 0 Å². The number of aromatic nitrogens is 1. The molecule has 0 saturated heterocycles. The normalized spacial score (nSPS) is 13.0. The SMILES string of the molecule is Cc1nc(N)ccc1C(C)[NH3+]. The molecule has 0 aliphatic carbocycles. The Labute approximate surface area is 66.4 Å². The summed E-state index contributed by atoms with van der Waals surface area (Å²) in [6.45, 7) is 3.99. The molecule has 3 heteroatoms. The van der Waals surface area contributed by atoms with Crippen LogP contribution < -0.4 is 11.5 Å². The van der Waals surface area contributed by atoms with E-state index in [1.54, 1.807) is 0 Å². The lowest BCUT2D eigenvalue weighted by Crippen LogP contribution is -2.52. The molecule has 0 radical (unpaired) electrons. The third kappa shape index (κ3) is 1.68. The second-order valence-corrected chi connectivity index (χ2v) is 2.81. The van der Waals surface area contributed by atoms with Gasteiger partial charge in [0.25, 0.3) is 0 Å². The molecule has 0 bridgehead atoms. The maximum absolute atomic E-state index is 5.50. The van der Waals surface area contributed by atoms with Gasteiger partial charge in [-0.1, -0.05) is 0 Å². The lowest BCUT2D eigenvalue weighted by Gasteiger charge is -2.05. The van der Waals surface area contributed by atoms with E-state index < -0.39 is 0 Å². The third-order valence-corrected chi connectivity index (χ3v) is 1.68. The number of nitrogen functional groups attached to an aromatic ring is 1. The molecule has 0 aliphatic heterocycles. The molecule has 1 rings (SSSR count). The number of hydrogen-bond donors (Lipinski definition) is 2. The van der Waals surface area contributed by atoms with Crippen molar-refractivity contribution in [3.05, 3.63) is 23.4 Å². The number of aryl methyl sites for hydroxylation is 1. The number of pyridine rings is 1. The van der Waals surface area contributed by atoms with Gasteiger partial charge in [0.05, 0.1) is 0 Å². The van der Waals surface area contributed by atoms with Gasteiger partial charge in [-0.25, -0.2) is 4.98 Å². The first-order chi connectivity index (χ1) is 5.11. The Hall–Kier alpha value is -1.09. The first-order valence-electron chi connectivity index (χ1n) is 3.67. The Bertz CT molecular complexity index is 256. The number of nitrogens with two attached hydrogens (primary N) is 1. The molecule has 60 valence electrons. The van der Waals surface area contributed by atoms with E-state index in [9.17, 15) is 0 Å². The van der Waals surface area contributed by atoms with Crippen LogP contribution in [-0.4, -0.2) is 4.98 Å². The summed E-state index contributed by atoms with van der Waals surface area (Å²) in [5, 5.41) is 0. The van der Waals surface area contributed by atoms with Crippen LogP contribution in [0.2, 0.25) is 0 Å². The average Bonchev–Trinajstić information content (AvgIpc) is 1.85. The Morgan fingerprint density at radius 2 is 2.18 bits per heavy atom. The topological polar surface area (TPSA) is 66.5 Å². The van der Waals surface area contributed by atoms with E-state index in [1.165, 1.54) is 5.56 Å². The maximum Gasteiger partial charge on any atom is 0.123 e. The first kappa shape index (κ1) is 8.01. The second-order valence-electron chi connectivity index (χ2n) is 2.81. The van der Waals surface area contributed by atoms with Gasteiger partial charge in [-0.05, 0) is 26.0 Å².